The number of carbonyl (C=O) groups is 1. The molecule has 1 saturated carbocycles. The Morgan fingerprint density at radius 1 is 1.57 bits per heavy atom. The lowest BCUT2D eigenvalue weighted by Crippen LogP contribution is -2.26. The van der Waals surface area contributed by atoms with Gasteiger partial charge in [-0.3, -0.25) is 4.79 Å². The molecule has 76 valence electrons. The van der Waals surface area contributed by atoms with Crippen molar-refractivity contribution in [1.29, 1.82) is 0 Å². The van der Waals surface area contributed by atoms with Gasteiger partial charge in [-0.1, -0.05) is 0 Å². The quantitative estimate of drug-likeness (QED) is 0.898. The van der Waals surface area contributed by atoms with Crippen LogP contribution in [0.2, 0.25) is 0 Å². The third kappa shape index (κ3) is 2.82. The Morgan fingerprint density at radius 3 is 2.93 bits per heavy atom. The van der Waals surface area contributed by atoms with Crippen LogP contribution in [0.1, 0.15) is 17.7 Å². The molecule has 0 spiro atoms. The van der Waals surface area contributed by atoms with Gasteiger partial charge in [0.1, 0.15) is 0 Å². The topological polar surface area (TPSA) is 29.1 Å². The van der Waals surface area contributed by atoms with Gasteiger partial charge in [0.15, 0.2) is 0 Å². The van der Waals surface area contributed by atoms with Gasteiger partial charge in [0.05, 0.1) is 3.79 Å². The number of hydrogen-bond acceptors (Lipinski definition) is 2. The van der Waals surface area contributed by atoms with Crippen molar-refractivity contribution in [2.45, 2.75) is 19.3 Å². The summed E-state index contributed by atoms with van der Waals surface area (Å²) >= 11 is 5.15. The van der Waals surface area contributed by atoms with E-state index in [-0.39, 0.29) is 5.91 Å². The van der Waals surface area contributed by atoms with Crippen molar-refractivity contribution in [3.05, 3.63) is 20.8 Å². The third-order valence-electron chi connectivity index (χ3n) is 2.25. The van der Waals surface area contributed by atoms with Crippen LogP contribution in [0.5, 0.6) is 0 Å². The van der Waals surface area contributed by atoms with E-state index in [0.29, 0.717) is 5.92 Å². The second-order valence-corrected chi connectivity index (χ2v) is 6.07. The Bertz CT molecular complexity index is 333. The van der Waals surface area contributed by atoms with Crippen LogP contribution in [0, 0.1) is 5.92 Å². The Kier molecular flexibility index (Phi) is 3.23. The Morgan fingerprint density at radius 2 is 2.36 bits per heavy atom. The summed E-state index contributed by atoms with van der Waals surface area (Å²) in [6, 6.07) is 4.14. The minimum absolute atomic E-state index is 0.237. The molecule has 14 heavy (non-hydrogen) atoms. The summed E-state index contributed by atoms with van der Waals surface area (Å²) in [5.41, 5.74) is 0. The van der Waals surface area contributed by atoms with Crippen LogP contribution in [0.3, 0.4) is 0 Å². The van der Waals surface area contributed by atoms with Crippen molar-refractivity contribution >= 4 is 33.2 Å². The Balaban J connectivity index is 1.69. The van der Waals surface area contributed by atoms with Crippen LogP contribution in [0.4, 0.5) is 0 Å². The first-order chi connectivity index (χ1) is 6.75. The molecule has 2 rings (SSSR count). The van der Waals surface area contributed by atoms with E-state index in [4.69, 9.17) is 0 Å². The maximum atomic E-state index is 11.3. The molecule has 1 N–H and O–H groups in total. The number of hydrogen-bond donors (Lipinski definition) is 1. The van der Waals surface area contributed by atoms with Crippen LogP contribution in [0.25, 0.3) is 0 Å². The van der Waals surface area contributed by atoms with E-state index in [1.165, 1.54) is 4.88 Å². The smallest absolute Gasteiger partial charge is 0.223 e. The summed E-state index contributed by atoms with van der Waals surface area (Å²) in [5, 5.41) is 2.95. The minimum atomic E-state index is 0.237. The minimum Gasteiger partial charge on any atom is -0.356 e. The van der Waals surface area contributed by atoms with E-state index in [2.05, 4.69) is 27.3 Å². The zero-order valence-corrected chi connectivity index (χ0v) is 10.2. The fourth-order valence-corrected chi connectivity index (χ4v) is 2.77. The van der Waals surface area contributed by atoms with Gasteiger partial charge in [0, 0.05) is 17.3 Å². The molecule has 1 fully saturated rings. The maximum Gasteiger partial charge on any atom is 0.223 e. The molecular weight excluding hydrogens is 262 g/mol. The van der Waals surface area contributed by atoms with Gasteiger partial charge in [-0.05, 0) is 47.3 Å². The summed E-state index contributed by atoms with van der Waals surface area (Å²) in [7, 11) is 0. The third-order valence-corrected chi connectivity index (χ3v) is 3.93. The van der Waals surface area contributed by atoms with E-state index >= 15 is 0 Å². The van der Waals surface area contributed by atoms with E-state index in [0.717, 1.165) is 29.6 Å². The molecular formula is C10H12BrNOS. The number of rotatable bonds is 4. The highest BCUT2D eigenvalue weighted by Gasteiger charge is 2.28. The van der Waals surface area contributed by atoms with Crippen molar-refractivity contribution in [3.8, 4) is 0 Å². The van der Waals surface area contributed by atoms with Crippen molar-refractivity contribution in [3.63, 3.8) is 0 Å². The molecule has 4 heteroatoms. The molecule has 1 aliphatic carbocycles. The van der Waals surface area contributed by atoms with Gasteiger partial charge < -0.3 is 5.32 Å². The van der Waals surface area contributed by atoms with Gasteiger partial charge in [-0.25, -0.2) is 0 Å². The summed E-state index contributed by atoms with van der Waals surface area (Å²) in [6.45, 7) is 0.766. The van der Waals surface area contributed by atoms with Gasteiger partial charge in [-0.2, -0.15) is 0 Å². The fraction of sp³-hybridized carbons (Fsp3) is 0.500. The molecule has 1 aromatic rings. The molecule has 1 aliphatic rings. The van der Waals surface area contributed by atoms with Gasteiger partial charge in [0.2, 0.25) is 5.91 Å². The zero-order valence-electron chi connectivity index (χ0n) is 7.75. The molecule has 1 heterocycles. The Hall–Kier alpha value is -0.350. The van der Waals surface area contributed by atoms with Gasteiger partial charge in [0.25, 0.3) is 0 Å². The van der Waals surface area contributed by atoms with Crippen molar-refractivity contribution < 1.29 is 4.79 Å². The molecule has 0 aromatic carbocycles. The van der Waals surface area contributed by atoms with Crippen molar-refractivity contribution in [2.75, 3.05) is 6.54 Å². The van der Waals surface area contributed by atoms with E-state index in [9.17, 15) is 4.79 Å². The monoisotopic (exact) mass is 273 g/mol. The van der Waals surface area contributed by atoms with E-state index in [1.807, 2.05) is 6.07 Å². The van der Waals surface area contributed by atoms with Crippen LogP contribution in [0.15, 0.2) is 15.9 Å². The first kappa shape index (κ1) is 10.2. The molecule has 0 atom stereocenters. The number of halogens is 1. The highest BCUT2D eigenvalue weighted by atomic mass is 79.9. The van der Waals surface area contributed by atoms with Crippen LogP contribution < -0.4 is 5.32 Å². The summed E-state index contributed by atoms with van der Waals surface area (Å²) < 4.78 is 1.15. The van der Waals surface area contributed by atoms with Gasteiger partial charge in [-0.15, -0.1) is 11.3 Å². The highest BCUT2D eigenvalue weighted by molar-refractivity contribution is 9.11. The Labute approximate surface area is 95.8 Å². The molecule has 1 aromatic heterocycles. The summed E-state index contributed by atoms with van der Waals surface area (Å²) in [6.07, 6.45) is 3.10. The normalized spacial score (nSPS) is 15.5. The molecule has 2 nitrogen and oxygen atoms in total. The summed E-state index contributed by atoms with van der Waals surface area (Å²) in [4.78, 5) is 12.6. The van der Waals surface area contributed by atoms with Crippen LogP contribution in [-0.2, 0) is 11.2 Å². The maximum absolute atomic E-state index is 11.3. The molecule has 0 bridgehead atoms. The molecule has 0 saturated heterocycles. The SMILES string of the molecule is O=C(NCCc1ccc(Br)s1)C1CC1. The molecule has 0 unspecified atom stereocenters. The lowest BCUT2D eigenvalue weighted by molar-refractivity contribution is -0.122. The highest BCUT2D eigenvalue weighted by Crippen LogP contribution is 2.28. The fourth-order valence-electron chi connectivity index (χ4n) is 1.28. The number of amides is 1. The first-order valence-electron chi connectivity index (χ1n) is 4.77. The van der Waals surface area contributed by atoms with Crippen molar-refractivity contribution in [1.82, 2.24) is 5.32 Å². The van der Waals surface area contributed by atoms with Crippen LogP contribution in [-0.4, -0.2) is 12.5 Å². The molecule has 0 radical (unpaired) electrons. The predicted octanol–water partition coefficient (Wildman–Crippen LogP) is 2.58. The summed E-state index contributed by atoms with van der Waals surface area (Å²) in [5.74, 6) is 0.561. The molecule has 1 amide bonds. The predicted molar refractivity (Wildman–Crippen MR) is 61.5 cm³/mol. The van der Waals surface area contributed by atoms with Crippen molar-refractivity contribution in [2.24, 2.45) is 5.92 Å². The zero-order chi connectivity index (χ0) is 9.97. The van der Waals surface area contributed by atoms with Gasteiger partial charge >= 0.3 is 0 Å². The second kappa shape index (κ2) is 4.45. The van der Waals surface area contributed by atoms with E-state index in [1.54, 1.807) is 11.3 Å². The standard InChI is InChI=1S/C10H12BrNOS/c11-9-4-3-8(14-9)5-6-12-10(13)7-1-2-7/h3-4,7H,1-2,5-6H2,(H,12,13). The number of thiophene rings is 1. The lowest BCUT2D eigenvalue weighted by Gasteiger charge is -2.01. The molecule has 0 aliphatic heterocycles. The second-order valence-electron chi connectivity index (χ2n) is 3.52. The lowest BCUT2D eigenvalue weighted by atomic mass is 10.3. The number of carbonyl (C=O) groups excluding carboxylic acids is 1. The first-order valence-corrected chi connectivity index (χ1v) is 6.38. The average molecular weight is 274 g/mol. The van der Waals surface area contributed by atoms with E-state index < -0.39 is 0 Å². The van der Waals surface area contributed by atoms with Crippen LogP contribution >= 0.6 is 27.3 Å². The largest absolute Gasteiger partial charge is 0.356 e. The average Bonchev–Trinajstić information content (AvgIpc) is 2.92. The number of nitrogens with one attached hydrogen (secondary N) is 1.